The number of pyridine rings is 1. The molecule has 0 spiro atoms. The highest BCUT2D eigenvalue weighted by atomic mass is 15.1. The van der Waals surface area contributed by atoms with Gasteiger partial charge in [0.25, 0.3) is 0 Å². The van der Waals surface area contributed by atoms with E-state index in [1.54, 1.807) is 18.5 Å². The maximum Gasteiger partial charge on any atom is 0.229 e. The minimum Gasteiger partial charge on any atom is -0.384 e. The van der Waals surface area contributed by atoms with Crippen LogP contribution < -0.4 is 11.1 Å². The molecule has 2 aromatic heterocycles. The zero-order valence-electron chi connectivity index (χ0n) is 9.54. The highest BCUT2D eigenvalue weighted by Crippen LogP contribution is 2.18. The highest BCUT2D eigenvalue weighted by molar-refractivity contribution is 5.82. The molecule has 0 aliphatic carbocycles. The van der Waals surface area contributed by atoms with Crippen LogP contribution in [0.25, 0.3) is 10.9 Å². The van der Waals surface area contributed by atoms with Gasteiger partial charge in [0.1, 0.15) is 5.82 Å². The van der Waals surface area contributed by atoms with Crippen LogP contribution >= 0.6 is 0 Å². The van der Waals surface area contributed by atoms with Crippen LogP contribution in [0.5, 0.6) is 0 Å². The van der Waals surface area contributed by atoms with E-state index in [0.717, 1.165) is 16.6 Å². The Balaban J connectivity index is 1.95. The van der Waals surface area contributed by atoms with E-state index in [2.05, 4.69) is 20.3 Å². The summed E-state index contributed by atoms with van der Waals surface area (Å²) >= 11 is 0. The average Bonchev–Trinajstić information content (AvgIpc) is 2.39. The number of para-hydroxylation sites is 1. The summed E-state index contributed by atoms with van der Waals surface area (Å²) in [6.45, 7) is 0. The van der Waals surface area contributed by atoms with Gasteiger partial charge in [-0.25, -0.2) is 4.98 Å². The van der Waals surface area contributed by atoms with Gasteiger partial charge in [-0.1, -0.05) is 18.2 Å². The van der Waals surface area contributed by atoms with E-state index in [9.17, 15) is 0 Å². The number of anilines is 3. The molecule has 0 aliphatic heterocycles. The van der Waals surface area contributed by atoms with Gasteiger partial charge in [-0.05, 0) is 18.2 Å². The molecule has 88 valence electrons. The summed E-state index contributed by atoms with van der Waals surface area (Å²) in [6, 6.07) is 11.6. The van der Waals surface area contributed by atoms with E-state index < -0.39 is 0 Å². The number of nitrogens with two attached hydrogens (primary N) is 1. The number of hydrogen-bond acceptors (Lipinski definition) is 5. The Bertz CT molecular complexity index is 696. The van der Waals surface area contributed by atoms with Gasteiger partial charge < -0.3 is 11.1 Å². The predicted molar refractivity (Wildman–Crippen MR) is 71.5 cm³/mol. The van der Waals surface area contributed by atoms with E-state index in [1.165, 1.54) is 0 Å². The fourth-order valence-corrected chi connectivity index (χ4v) is 1.70. The van der Waals surface area contributed by atoms with E-state index in [-0.39, 0.29) is 0 Å². The molecule has 0 saturated carbocycles. The summed E-state index contributed by atoms with van der Waals surface area (Å²) in [7, 11) is 0. The van der Waals surface area contributed by atoms with Crippen molar-refractivity contribution in [3.63, 3.8) is 0 Å². The molecule has 3 rings (SSSR count). The number of fused-ring (bicyclic) bond motifs is 1. The van der Waals surface area contributed by atoms with Crippen molar-refractivity contribution in [2.45, 2.75) is 0 Å². The van der Waals surface area contributed by atoms with E-state index in [4.69, 9.17) is 5.73 Å². The maximum atomic E-state index is 5.60. The molecular weight excluding hydrogens is 226 g/mol. The minimum absolute atomic E-state index is 0.432. The van der Waals surface area contributed by atoms with Crippen molar-refractivity contribution in [3.8, 4) is 0 Å². The van der Waals surface area contributed by atoms with Crippen LogP contribution in [-0.2, 0) is 0 Å². The highest BCUT2D eigenvalue weighted by Gasteiger charge is 2.00. The average molecular weight is 237 g/mol. The second-order valence-electron chi connectivity index (χ2n) is 3.85. The van der Waals surface area contributed by atoms with Crippen LogP contribution in [0.1, 0.15) is 0 Å². The minimum atomic E-state index is 0.432. The molecule has 5 nitrogen and oxygen atoms in total. The van der Waals surface area contributed by atoms with Crippen LogP contribution in [0.4, 0.5) is 17.5 Å². The molecule has 0 aliphatic rings. The van der Waals surface area contributed by atoms with Crippen molar-refractivity contribution in [1.29, 1.82) is 0 Å². The third-order valence-electron chi connectivity index (χ3n) is 2.52. The quantitative estimate of drug-likeness (QED) is 0.715. The summed E-state index contributed by atoms with van der Waals surface area (Å²) in [5.74, 6) is 0.897. The number of nitrogen functional groups attached to an aromatic ring is 1. The van der Waals surface area contributed by atoms with Crippen LogP contribution in [-0.4, -0.2) is 15.0 Å². The van der Waals surface area contributed by atoms with Gasteiger partial charge in [0, 0.05) is 11.6 Å². The lowest BCUT2D eigenvalue weighted by atomic mass is 10.2. The SMILES string of the molecule is Nc1ccnc(Nc2cnc3ccccc3c2)n1. The first-order valence-corrected chi connectivity index (χ1v) is 5.51. The van der Waals surface area contributed by atoms with Crippen LogP contribution in [0, 0.1) is 0 Å². The molecule has 5 heteroatoms. The molecule has 1 aromatic carbocycles. The zero-order chi connectivity index (χ0) is 12.4. The van der Waals surface area contributed by atoms with Gasteiger partial charge in [-0.2, -0.15) is 4.98 Å². The fraction of sp³-hybridized carbons (Fsp3) is 0. The topological polar surface area (TPSA) is 76.7 Å². The predicted octanol–water partition coefficient (Wildman–Crippen LogP) is 2.35. The Morgan fingerprint density at radius 2 is 1.94 bits per heavy atom. The lowest BCUT2D eigenvalue weighted by molar-refractivity contribution is 1.17. The van der Waals surface area contributed by atoms with Gasteiger partial charge in [-0.15, -0.1) is 0 Å². The molecular formula is C13H11N5. The van der Waals surface area contributed by atoms with Crippen LogP contribution in [0.3, 0.4) is 0 Å². The first-order chi connectivity index (χ1) is 8.81. The molecule has 0 fully saturated rings. The summed E-state index contributed by atoms with van der Waals surface area (Å²) in [5.41, 5.74) is 7.38. The Morgan fingerprint density at radius 3 is 2.83 bits per heavy atom. The first kappa shape index (κ1) is 10.5. The van der Waals surface area contributed by atoms with Crippen LogP contribution in [0.15, 0.2) is 48.8 Å². The standard InChI is InChI=1S/C13H11N5/c14-12-5-6-15-13(18-12)17-10-7-9-3-1-2-4-11(9)16-8-10/h1-8H,(H3,14,15,17,18). The van der Waals surface area contributed by atoms with Crippen molar-refractivity contribution in [3.05, 3.63) is 48.8 Å². The normalized spacial score (nSPS) is 10.4. The lowest BCUT2D eigenvalue weighted by Crippen LogP contribution is -1.99. The maximum absolute atomic E-state index is 5.60. The number of rotatable bonds is 2. The second kappa shape index (κ2) is 4.29. The van der Waals surface area contributed by atoms with Gasteiger partial charge in [0.15, 0.2) is 0 Å². The third kappa shape index (κ3) is 2.06. The van der Waals surface area contributed by atoms with E-state index in [0.29, 0.717) is 11.8 Å². The summed E-state index contributed by atoms with van der Waals surface area (Å²) < 4.78 is 0. The molecule has 0 atom stereocenters. The van der Waals surface area contributed by atoms with Gasteiger partial charge in [-0.3, -0.25) is 4.98 Å². The molecule has 0 radical (unpaired) electrons. The first-order valence-electron chi connectivity index (χ1n) is 5.51. The van der Waals surface area contributed by atoms with Crippen molar-refractivity contribution in [1.82, 2.24) is 15.0 Å². The van der Waals surface area contributed by atoms with Crippen molar-refractivity contribution in [2.75, 3.05) is 11.1 Å². The molecule has 0 bridgehead atoms. The van der Waals surface area contributed by atoms with Crippen molar-refractivity contribution in [2.24, 2.45) is 0 Å². The molecule has 3 aromatic rings. The number of hydrogen-bond donors (Lipinski definition) is 2. The number of nitrogens with zero attached hydrogens (tertiary/aromatic N) is 3. The van der Waals surface area contributed by atoms with Gasteiger partial charge >= 0.3 is 0 Å². The molecule has 0 amide bonds. The van der Waals surface area contributed by atoms with E-state index >= 15 is 0 Å². The molecule has 18 heavy (non-hydrogen) atoms. The Hall–Kier alpha value is -2.69. The van der Waals surface area contributed by atoms with Crippen LogP contribution in [0.2, 0.25) is 0 Å². The lowest BCUT2D eigenvalue weighted by Gasteiger charge is -2.05. The fourth-order valence-electron chi connectivity index (χ4n) is 1.70. The molecule has 0 saturated heterocycles. The Morgan fingerprint density at radius 1 is 1.06 bits per heavy atom. The summed E-state index contributed by atoms with van der Waals surface area (Å²) in [6.07, 6.45) is 3.36. The smallest absolute Gasteiger partial charge is 0.229 e. The van der Waals surface area contributed by atoms with E-state index in [1.807, 2.05) is 30.3 Å². The molecule has 0 unspecified atom stereocenters. The largest absolute Gasteiger partial charge is 0.384 e. The Labute approximate surface area is 104 Å². The zero-order valence-corrected chi connectivity index (χ0v) is 9.54. The number of aromatic nitrogens is 3. The molecule has 3 N–H and O–H groups in total. The number of nitrogens with one attached hydrogen (secondary N) is 1. The monoisotopic (exact) mass is 237 g/mol. The summed E-state index contributed by atoms with van der Waals surface area (Å²) in [5, 5.41) is 4.13. The molecule has 2 heterocycles. The van der Waals surface area contributed by atoms with Crippen molar-refractivity contribution >= 4 is 28.4 Å². The second-order valence-corrected chi connectivity index (χ2v) is 3.85. The van der Waals surface area contributed by atoms with Gasteiger partial charge in [0.05, 0.1) is 17.4 Å². The third-order valence-corrected chi connectivity index (χ3v) is 2.52. The summed E-state index contributed by atoms with van der Waals surface area (Å²) in [4.78, 5) is 12.5. The van der Waals surface area contributed by atoms with Gasteiger partial charge in [0.2, 0.25) is 5.95 Å². The van der Waals surface area contributed by atoms with Crippen molar-refractivity contribution < 1.29 is 0 Å². The Kier molecular flexibility index (Phi) is 2.49. The number of benzene rings is 1.